The Bertz CT molecular complexity index is 610. The van der Waals surface area contributed by atoms with Crippen LogP contribution < -0.4 is 22.1 Å². The molecule has 2 amide bonds. The van der Waals surface area contributed by atoms with Crippen molar-refractivity contribution in [2.24, 2.45) is 5.73 Å². The average molecular weight is 334 g/mol. The van der Waals surface area contributed by atoms with Gasteiger partial charge in [0.25, 0.3) is 0 Å². The van der Waals surface area contributed by atoms with E-state index in [9.17, 15) is 9.59 Å². The smallest absolute Gasteiger partial charge is 0.407 e. The minimum absolute atomic E-state index is 0.367. The lowest BCUT2D eigenvalue weighted by atomic mass is 10.1. The molecule has 7 nitrogen and oxygen atoms in total. The molecule has 24 heavy (non-hydrogen) atoms. The van der Waals surface area contributed by atoms with E-state index in [-0.39, 0.29) is 0 Å². The van der Waals surface area contributed by atoms with Crippen molar-refractivity contribution in [2.45, 2.75) is 33.3 Å². The van der Waals surface area contributed by atoms with Crippen molar-refractivity contribution in [1.29, 1.82) is 0 Å². The predicted molar refractivity (Wildman–Crippen MR) is 96.0 cm³/mol. The lowest BCUT2D eigenvalue weighted by Crippen LogP contribution is -2.32. The number of hydrogen-bond donors (Lipinski definition) is 4. The minimum atomic E-state index is -0.512. The molecular weight excluding hydrogens is 308 g/mol. The van der Waals surface area contributed by atoms with E-state index in [1.807, 2.05) is 33.8 Å². The Morgan fingerprint density at radius 1 is 1.21 bits per heavy atom. The fourth-order valence-corrected chi connectivity index (χ4v) is 1.98. The van der Waals surface area contributed by atoms with E-state index in [1.54, 1.807) is 18.2 Å². The molecule has 0 radical (unpaired) electrons. The van der Waals surface area contributed by atoms with E-state index in [2.05, 4.69) is 10.6 Å². The summed E-state index contributed by atoms with van der Waals surface area (Å²) in [5.74, 6) is -0.510. The van der Waals surface area contributed by atoms with Crippen molar-refractivity contribution in [1.82, 2.24) is 5.32 Å². The zero-order chi connectivity index (χ0) is 18.3. The molecule has 6 N–H and O–H groups in total. The van der Waals surface area contributed by atoms with Gasteiger partial charge in [-0.1, -0.05) is 12.2 Å². The molecule has 0 saturated carbocycles. The van der Waals surface area contributed by atoms with E-state index in [4.69, 9.17) is 16.2 Å². The second-order valence-electron chi connectivity index (χ2n) is 6.36. The van der Waals surface area contributed by atoms with Crippen molar-refractivity contribution >= 4 is 23.4 Å². The van der Waals surface area contributed by atoms with Gasteiger partial charge in [-0.15, -0.1) is 0 Å². The Kier molecular flexibility index (Phi) is 6.64. The third kappa shape index (κ3) is 6.60. The van der Waals surface area contributed by atoms with Crippen LogP contribution in [0.5, 0.6) is 0 Å². The highest BCUT2D eigenvalue weighted by atomic mass is 16.6. The number of primary amides is 1. The quantitative estimate of drug-likeness (QED) is 0.469. The van der Waals surface area contributed by atoms with Gasteiger partial charge in [-0.3, -0.25) is 4.79 Å². The van der Waals surface area contributed by atoms with Crippen LogP contribution in [0.3, 0.4) is 0 Å². The highest BCUT2D eigenvalue weighted by Crippen LogP contribution is 2.24. The number of rotatable bonds is 6. The van der Waals surface area contributed by atoms with Gasteiger partial charge in [-0.2, -0.15) is 0 Å². The minimum Gasteiger partial charge on any atom is -0.444 e. The van der Waals surface area contributed by atoms with Gasteiger partial charge >= 0.3 is 6.09 Å². The number of aryl methyl sites for hydroxylation is 1. The molecule has 0 unspecified atom stereocenters. The summed E-state index contributed by atoms with van der Waals surface area (Å²) in [6.45, 7) is 8.16. The SMILES string of the molecule is Cc1cc(C(N)=O)cc(N)c1NC/C=C/CNC(=O)OC(C)(C)C. The van der Waals surface area contributed by atoms with Gasteiger partial charge in [0.05, 0.1) is 11.4 Å². The van der Waals surface area contributed by atoms with Gasteiger partial charge in [0.1, 0.15) is 5.60 Å². The second-order valence-corrected chi connectivity index (χ2v) is 6.36. The third-order valence-corrected chi connectivity index (χ3v) is 2.98. The van der Waals surface area contributed by atoms with Gasteiger partial charge < -0.3 is 26.8 Å². The first-order valence-electron chi connectivity index (χ1n) is 7.66. The standard InChI is InChI=1S/C17H26N4O3/c1-11-9-12(15(19)22)10-13(18)14(11)20-7-5-6-8-21-16(23)24-17(2,3)4/h5-6,9-10,20H,7-8,18H2,1-4H3,(H2,19,22)(H,21,23)/b6-5+. The maximum absolute atomic E-state index is 11.5. The summed E-state index contributed by atoms with van der Waals surface area (Å²) in [4.78, 5) is 22.6. The summed E-state index contributed by atoms with van der Waals surface area (Å²) < 4.78 is 5.12. The number of anilines is 2. The molecule has 7 heteroatoms. The molecular formula is C17H26N4O3. The summed E-state index contributed by atoms with van der Waals surface area (Å²) >= 11 is 0. The van der Waals surface area contributed by atoms with Crippen molar-refractivity contribution in [3.05, 3.63) is 35.4 Å². The second kappa shape index (κ2) is 8.24. The Morgan fingerprint density at radius 2 is 1.83 bits per heavy atom. The van der Waals surface area contributed by atoms with Crippen LogP contribution in [0.2, 0.25) is 0 Å². The first-order chi connectivity index (χ1) is 11.1. The Hall–Kier alpha value is -2.70. The number of ether oxygens (including phenoxy) is 1. The van der Waals surface area contributed by atoms with Crippen molar-refractivity contribution in [3.63, 3.8) is 0 Å². The molecule has 0 saturated heterocycles. The fourth-order valence-electron chi connectivity index (χ4n) is 1.98. The molecule has 0 spiro atoms. The molecule has 1 rings (SSSR count). The Balaban J connectivity index is 2.45. The fraction of sp³-hybridized carbons (Fsp3) is 0.412. The summed E-state index contributed by atoms with van der Waals surface area (Å²) in [7, 11) is 0. The molecule has 0 atom stereocenters. The summed E-state index contributed by atoms with van der Waals surface area (Å²) in [5, 5.41) is 5.79. The van der Waals surface area contributed by atoms with Crippen LogP contribution in [-0.4, -0.2) is 30.7 Å². The first-order valence-corrected chi connectivity index (χ1v) is 7.66. The number of nitrogens with one attached hydrogen (secondary N) is 2. The maximum atomic E-state index is 11.5. The lowest BCUT2D eigenvalue weighted by Gasteiger charge is -2.19. The van der Waals surface area contributed by atoms with Crippen molar-refractivity contribution in [3.8, 4) is 0 Å². The predicted octanol–water partition coefficient (Wildman–Crippen LogP) is 2.17. The number of nitrogen functional groups attached to an aromatic ring is 1. The molecule has 132 valence electrons. The Labute approximate surface area is 142 Å². The van der Waals surface area contributed by atoms with Gasteiger partial charge in [-0.05, 0) is 45.4 Å². The highest BCUT2D eigenvalue weighted by Gasteiger charge is 2.15. The number of benzene rings is 1. The summed E-state index contributed by atoms with van der Waals surface area (Å²) in [6.07, 6.45) is 3.21. The first kappa shape index (κ1) is 19.3. The normalized spacial score (nSPS) is 11.3. The van der Waals surface area contributed by atoms with E-state index in [0.717, 1.165) is 11.3 Å². The van der Waals surface area contributed by atoms with E-state index >= 15 is 0 Å². The van der Waals surface area contributed by atoms with Crippen molar-refractivity contribution < 1.29 is 14.3 Å². The zero-order valence-corrected chi connectivity index (χ0v) is 14.6. The van der Waals surface area contributed by atoms with Crippen molar-refractivity contribution in [2.75, 3.05) is 24.1 Å². The molecule has 1 aromatic rings. The van der Waals surface area contributed by atoms with E-state index < -0.39 is 17.6 Å². The van der Waals surface area contributed by atoms with Crippen LogP contribution in [0.4, 0.5) is 16.2 Å². The number of amides is 2. The van der Waals surface area contributed by atoms with Crippen LogP contribution in [0, 0.1) is 6.92 Å². The number of nitrogens with two attached hydrogens (primary N) is 2. The number of alkyl carbamates (subject to hydrolysis) is 1. The summed E-state index contributed by atoms with van der Waals surface area (Å²) in [6, 6.07) is 3.24. The molecule has 0 bridgehead atoms. The Morgan fingerprint density at radius 3 is 2.38 bits per heavy atom. The molecule has 0 aromatic heterocycles. The molecule has 0 heterocycles. The van der Waals surface area contributed by atoms with Crippen LogP contribution in [0.15, 0.2) is 24.3 Å². The van der Waals surface area contributed by atoms with Crippen LogP contribution in [0.1, 0.15) is 36.7 Å². The molecule has 0 aliphatic heterocycles. The van der Waals surface area contributed by atoms with E-state index in [1.165, 1.54) is 0 Å². The molecule has 0 aliphatic carbocycles. The summed E-state index contributed by atoms with van der Waals surface area (Å²) in [5.41, 5.74) is 13.1. The van der Waals surface area contributed by atoms with E-state index in [0.29, 0.717) is 24.3 Å². The van der Waals surface area contributed by atoms with Crippen LogP contribution >= 0.6 is 0 Å². The topological polar surface area (TPSA) is 119 Å². The lowest BCUT2D eigenvalue weighted by molar-refractivity contribution is 0.0534. The third-order valence-electron chi connectivity index (χ3n) is 2.98. The number of carbonyl (C=O) groups excluding carboxylic acids is 2. The largest absolute Gasteiger partial charge is 0.444 e. The van der Waals surface area contributed by atoms with Gasteiger partial charge in [0.2, 0.25) is 5.91 Å². The van der Waals surface area contributed by atoms with Gasteiger partial charge in [0.15, 0.2) is 0 Å². The van der Waals surface area contributed by atoms with Crippen LogP contribution in [0.25, 0.3) is 0 Å². The molecule has 1 aromatic carbocycles. The molecule has 0 aliphatic rings. The highest BCUT2D eigenvalue weighted by molar-refractivity contribution is 5.95. The van der Waals surface area contributed by atoms with Gasteiger partial charge in [-0.25, -0.2) is 4.79 Å². The van der Waals surface area contributed by atoms with Crippen LogP contribution in [-0.2, 0) is 4.74 Å². The number of carbonyl (C=O) groups is 2. The average Bonchev–Trinajstić information content (AvgIpc) is 2.42. The van der Waals surface area contributed by atoms with Gasteiger partial charge in [0, 0.05) is 18.7 Å². The molecule has 0 fully saturated rings. The zero-order valence-electron chi connectivity index (χ0n) is 14.6. The number of hydrogen-bond acceptors (Lipinski definition) is 5. The monoisotopic (exact) mass is 334 g/mol. The maximum Gasteiger partial charge on any atom is 0.407 e.